The molecule has 0 aliphatic carbocycles. The lowest BCUT2D eigenvalue weighted by Crippen LogP contribution is -2.31. The van der Waals surface area contributed by atoms with Crippen LogP contribution in [0.15, 0.2) is 54.3 Å². The fourth-order valence-corrected chi connectivity index (χ4v) is 3.83. The Hall–Kier alpha value is -4.25. The molecular weight excluding hydrogens is 446 g/mol. The Morgan fingerprint density at radius 1 is 1.09 bits per heavy atom. The zero-order valence-corrected chi connectivity index (χ0v) is 18.5. The van der Waals surface area contributed by atoms with E-state index in [-0.39, 0.29) is 17.7 Å². The van der Waals surface area contributed by atoms with E-state index in [1.54, 1.807) is 31.8 Å². The molecule has 4 rings (SSSR count). The summed E-state index contributed by atoms with van der Waals surface area (Å²) in [6, 6.07) is 9.00. The normalized spacial score (nSPS) is 10.6. The molecule has 0 fully saturated rings. The van der Waals surface area contributed by atoms with E-state index in [9.17, 15) is 14.4 Å². The number of carbonyl (C=O) groups excluding carboxylic acids is 3. The predicted molar refractivity (Wildman–Crippen MR) is 122 cm³/mol. The Bertz CT molecular complexity index is 1330. The molecule has 0 saturated carbocycles. The molecule has 4 aromatic rings. The number of anilines is 1. The third-order valence-electron chi connectivity index (χ3n) is 4.65. The summed E-state index contributed by atoms with van der Waals surface area (Å²) in [6.07, 6.45) is 3.80. The van der Waals surface area contributed by atoms with Gasteiger partial charge < -0.3 is 14.8 Å². The second-order valence-electron chi connectivity index (χ2n) is 6.69. The molecule has 3 aromatic heterocycles. The quantitative estimate of drug-likeness (QED) is 0.446. The maximum absolute atomic E-state index is 12.8. The molecule has 168 valence electrons. The smallest absolute Gasteiger partial charge is 0.414 e. The summed E-state index contributed by atoms with van der Waals surface area (Å²) < 4.78 is 11.4. The Morgan fingerprint density at radius 3 is 2.61 bits per heavy atom. The number of methoxy groups -OCH3 is 1. The van der Waals surface area contributed by atoms with Gasteiger partial charge in [0.2, 0.25) is 0 Å². The van der Waals surface area contributed by atoms with E-state index in [1.807, 2.05) is 24.3 Å². The van der Waals surface area contributed by atoms with E-state index >= 15 is 0 Å². The van der Waals surface area contributed by atoms with Gasteiger partial charge in [-0.05, 0) is 36.1 Å². The van der Waals surface area contributed by atoms with Crippen LogP contribution in [-0.2, 0) is 4.74 Å². The van der Waals surface area contributed by atoms with Crippen LogP contribution >= 0.6 is 11.3 Å². The molecule has 0 saturated heterocycles. The van der Waals surface area contributed by atoms with E-state index in [4.69, 9.17) is 9.47 Å². The van der Waals surface area contributed by atoms with Gasteiger partial charge >= 0.3 is 6.09 Å². The second-order valence-corrected chi connectivity index (χ2v) is 7.61. The molecular formula is C22H19N5O5S. The second kappa shape index (κ2) is 9.49. The molecule has 0 unspecified atom stereocenters. The number of amides is 3. The number of alkyl carbamates (subject to hydrolysis) is 1. The monoisotopic (exact) mass is 465 g/mol. The average Bonchev–Trinajstić information content (AvgIpc) is 3.45. The standard InChI is InChI=1S/C22H19N5O5S/c1-3-32-22(30)26-20(29)16-8-9-33-21(16)25-19(28)14-10-23-18-17(11-24-27(18)12-14)13-4-6-15(31-2)7-5-13/h4-12H,3H2,1-2H3,(H,25,28)(H,26,29,30). The van der Waals surface area contributed by atoms with Crippen molar-refractivity contribution in [2.24, 2.45) is 0 Å². The number of nitrogens with zero attached hydrogens (tertiary/aromatic N) is 3. The first kappa shape index (κ1) is 22.0. The fourth-order valence-electron chi connectivity index (χ4n) is 3.05. The zero-order chi connectivity index (χ0) is 23.4. The van der Waals surface area contributed by atoms with E-state index in [0.29, 0.717) is 10.6 Å². The van der Waals surface area contributed by atoms with Gasteiger partial charge in [-0.1, -0.05) is 12.1 Å². The van der Waals surface area contributed by atoms with E-state index in [0.717, 1.165) is 28.2 Å². The zero-order valence-electron chi connectivity index (χ0n) is 17.7. The highest BCUT2D eigenvalue weighted by Crippen LogP contribution is 2.26. The molecule has 0 spiro atoms. The summed E-state index contributed by atoms with van der Waals surface area (Å²) in [6.45, 7) is 1.76. The minimum Gasteiger partial charge on any atom is -0.497 e. The Balaban J connectivity index is 1.52. The lowest BCUT2D eigenvalue weighted by atomic mass is 10.1. The first-order valence-electron chi connectivity index (χ1n) is 9.85. The summed E-state index contributed by atoms with van der Waals surface area (Å²) in [5.74, 6) is -0.403. The van der Waals surface area contributed by atoms with Gasteiger partial charge in [-0.15, -0.1) is 11.3 Å². The fraction of sp³-hybridized carbons (Fsp3) is 0.136. The van der Waals surface area contributed by atoms with Crippen molar-refractivity contribution in [3.8, 4) is 16.9 Å². The molecule has 0 aliphatic rings. The number of rotatable bonds is 6. The van der Waals surface area contributed by atoms with Crippen LogP contribution in [-0.4, -0.2) is 46.2 Å². The van der Waals surface area contributed by atoms with Crippen LogP contribution in [0.1, 0.15) is 27.6 Å². The van der Waals surface area contributed by atoms with Crippen LogP contribution in [0.25, 0.3) is 16.8 Å². The highest BCUT2D eigenvalue weighted by molar-refractivity contribution is 7.14. The van der Waals surface area contributed by atoms with Crippen LogP contribution < -0.4 is 15.4 Å². The molecule has 0 radical (unpaired) electrons. The summed E-state index contributed by atoms with van der Waals surface area (Å²) in [7, 11) is 1.60. The molecule has 11 heteroatoms. The lowest BCUT2D eigenvalue weighted by molar-refractivity contribution is 0.0926. The average molecular weight is 465 g/mol. The van der Waals surface area contributed by atoms with Gasteiger partial charge in [0.1, 0.15) is 10.8 Å². The summed E-state index contributed by atoms with van der Waals surface area (Å²) in [5, 5.41) is 11.0. The number of aromatic nitrogens is 3. The SMILES string of the molecule is CCOC(=O)NC(=O)c1ccsc1NC(=O)c1cnc2c(-c3ccc(OC)cc3)cnn2c1. The summed E-state index contributed by atoms with van der Waals surface area (Å²) in [5.41, 5.74) is 2.70. The van der Waals surface area contributed by atoms with Crippen LogP contribution in [0.2, 0.25) is 0 Å². The van der Waals surface area contributed by atoms with Gasteiger partial charge in [0.05, 0.1) is 31.0 Å². The van der Waals surface area contributed by atoms with Gasteiger partial charge in [0.25, 0.3) is 11.8 Å². The van der Waals surface area contributed by atoms with Gasteiger partial charge in [-0.3, -0.25) is 14.9 Å². The van der Waals surface area contributed by atoms with E-state index < -0.39 is 17.9 Å². The van der Waals surface area contributed by atoms with E-state index in [1.165, 1.54) is 16.8 Å². The van der Waals surface area contributed by atoms with Crippen molar-refractivity contribution in [2.75, 3.05) is 19.0 Å². The number of carbonyl (C=O) groups is 3. The van der Waals surface area contributed by atoms with Crippen molar-refractivity contribution < 1.29 is 23.9 Å². The number of thiophene rings is 1. The van der Waals surface area contributed by atoms with Gasteiger partial charge in [0, 0.05) is 18.0 Å². The minimum absolute atomic E-state index is 0.134. The molecule has 0 atom stereocenters. The van der Waals surface area contributed by atoms with Gasteiger partial charge in [-0.2, -0.15) is 5.10 Å². The predicted octanol–water partition coefficient (Wildman–Crippen LogP) is 3.61. The van der Waals surface area contributed by atoms with Crippen molar-refractivity contribution in [3.63, 3.8) is 0 Å². The number of fused-ring (bicyclic) bond motifs is 1. The molecule has 10 nitrogen and oxygen atoms in total. The highest BCUT2D eigenvalue weighted by Gasteiger charge is 2.19. The number of hydrogen-bond acceptors (Lipinski definition) is 8. The van der Waals surface area contributed by atoms with Crippen LogP contribution in [0, 0.1) is 0 Å². The number of imide groups is 1. The maximum Gasteiger partial charge on any atom is 0.414 e. The highest BCUT2D eigenvalue weighted by atomic mass is 32.1. The van der Waals surface area contributed by atoms with Crippen LogP contribution in [0.5, 0.6) is 5.75 Å². The first-order valence-corrected chi connectivity index (χ1v) is 10.7. The third kappa shape index (κ3) is 4.67. The maximum atomic E-state index is 12.8. The van der Waals surface area contributed by atoms with Crippen LogP contribution in [0.4, 0.5) is 9.80 Å². The largest absolute Gasteiger partial charge is 0.497 e. The molecule has 33 heavy (non-hydrogen) atoms. The van der Waals surface area contributed by atoms with Crippen LogP contribution in [0.3, 0.4) is 0 Å². The molecule has 3 heterocycles. The third-order valence-corrected chi connectivity index (χ3v) is 5.48. The van der Waals surface area contributed by atoms with Gasteiger partial charge in [-0.25, -0.2) is 14.3 Å². The van der Waals surface area contributed by atoms with Crippen molar-refractivity contribution in [3.05, 3.63) is 65.4 Å². The Kier molecular flexibility index (Phi) is 6.31. The van der Waals surface area contributed by atoms with Crippen molar-refractivity contribution in [1.82, 2.24) is 19.9 Å². The lowest BCUT2D eigenvalue weighted by Gasteiger charge is -2.07. The Morgan fingerprint density at radius 2 is 1.88 bits per heavy atom. The number of nitrogens with one attached hydrogen (secondary N) is 2. The molecule has 0 bridgehead atoms. The Labute approximate surface area is 192 Å². The minimum atomic E-state index is -0.855. The van der Waals surface area contributed by atoms with Crippen molar-refractivity contribution in [2.45, 2.75) is 6.92 Å². The summed E-state index contributed by atoms with van der Waals surface area (Å²) >= 11 is 1.15. The topological polar surface area (TPSA) is 124 Å². The number of hydrogen-bond donors (Lipinski definition) is 2. The van der Waals surface area contributed by atoms with Crippen molar-refractivity contribution in [1.29, 1.82) is 0 Å². The molecule has 0 aliphatic heterocycles. The van der Waals surface area contributed by atoms with Crippen molar-refractivity contribution >= 4 is 39.9 Å². The van der Waals surface area contributed by atoms with E-state index in [2.05, 4.69) is 20.7 Å². The number of ether oxygens (including phenoxy) is 2. The first-order chi connectivity index (χ1) is 16.0. The molecule has 2 N–H and O–H groups in total. The molecule has 1 aromatic carbocycles. The van der Waals surface area contributed by atoms with Gasteiger partial charge in [0.15, 0.2) is 5.65 Å². The number of benzene rings is 1. The molecule has 3 amide bonds. The summed E-state index contributed by atoms with van der Waals surface area (Å²) in [4.78, 5) is 41.0.